The molecule has 0 spiro atoms. The standard InChI is InChI=1S/C27H22F4N2O4/c1-25(2,22-13-18(28)8-10-20(22)16-6-4-3-5-7-16)15-26(36,27(29,30)31)24(35)33-19-9-11-21-17(12-19)14-32-37-23(21)34/h3-14,36H,15H2,1-2H3,(H,33,35). The molecule has 0 aliphatic heterocycles. The Kier molecular flexibility index (Phi) is 6.64. The minimum Gasteiger partial charge on any atom is -0.373 e. The molecule has 4 rings (SSSR count). The highest BCUT2D eigenvalue weighted by Gasteiger charge is 2.61. The molecule has 6 nitrogen and oxygen atoms in total. The van der Waals surface area contributed by atoms with Gasteiger partial charge in [0.1, 0.15) is 5.82 Å². The van der Waals surface area contributed by atoms with Crippen LogP contribution in [0, 0.1) is 5.82 Å². The molecule has 1 unspecified atom stereocenters. The molecule has 1 heterocycles. The van der Waals surface area contributed by atoms with E-state index in [4.69, 9.17) is 0 Å². The quantitative estimate of drug-likeness (QED) is 0.327. The number of carbonyl (C=O) groups is 1. The molecule has 1 amide bonds. The summed E-state index contributed by atoms with van der Waals surface area (Å²) in [5.74, 6) is -2.39. The number of carbonyl (C=O) groups excluding carboxylic acids is 1. The Balaban J connectivity index is 1.72. The van der Waals surface area contributed by atoms with Crippen molar-refractivity contribution in [3.8, 4) is 11.1 Å². The fourth-order valence-corrected chi connectivity index (χ4v) is 4.34. The van der Waals surface area contributed by atoms with Crippen molar-refractivity contribution in [1.82, 2.24) is 5.16 Å². The zero-order valence-electron chi connectivity index (χ0n) is 19.8. The van der Waals surface area contributed by atoms with E-state index in [1.165, 1.54) is 50.4 Å². The second-order valence-electron chi connectivity index (χ2n) is 9.34. The number of fused-ring (bicyclic) bond motifs is 1. The number of amides is 1. The molecular formula is C27H22F4N2O4. The SMILES string of the molecule is CC(C)(CC(O)(C(=O)Nc1ccc2c(=O)oncc2c1)C(F)(F)F)c1cc(F)ccc1-c1ccccc1. The first-order chi connectivity index (χ1) is 17.3. The van der Waals surface area contributed by atoms with Crippen LogP contribution in [-0.2, 0) is 10.2 Å². The summed E-state index contributed by atoms with van der Waals surface area (Å²) in [5, 5.41) is 16.7. The number of aromatic nitrogens is 1. The van der Waals surface area contributed by atoms with Crippen molar-refractivity contribution in [2.45, 2.75) is 37.5 Å². The normalized spacial score (nSPS) is 13.8. The number of halogens is 4. The Morgan fingerprint density at radius 2 is 1.73 bits per heavy atom. The van der Waals surface area contributed by atoms with E-state index >= 15 is 0 Å². The van der Waals surface area contributed by atoms with Gasteiger partial charge in [0.2, 0.25) is 5.60 Å². The lowest BCUT2D eigenvalue weighted by Crippen LogP contribution is -2.57. The second-order valence-corrected chi connectivity index (χ2v) is 9.34. The Morgan fingerprint density at radius 3 is 2.41 bits per heavy atom. The minimum absolute atomic E-state index is 0.0962. The Hall–Kier alpha value is -4.05. The highest BCUT2D eigenvalue weighted by molar-refractivity contribution is 5.99. The third-order valence-corrected chi connectivity index (χ3v) is 6.19. The van der Waals surface area contributed by atoms with Crippen LogP contribution in [0.15, 0.2) is 82.2 Å². The number of hydrogen-bond acceptors (Lipinski definition) is 5. The van der Waals surface area contributed by atoms with Crippen LogP contribution in [0.3, 0.4) is 0 Å². The van der Waals surface area contributed by atoms with Gasteiger partial charge in [-0.15, -0.1) is 0 Å². The average molecular weight is 514 g/mol. The molecule has 37 heavy (non-hydrogen) atoms. The second kappa shape index (κ2) is 9.44. The molecule has 1 aromatic heterocycles. The fourth-order valence-electron chi connectivity index (χ4n) is 4.34. The summed E-state index contributed by atoms with van der Waals surface area (Å²) in [6, 6.07) is 16.1. The van der Waals surface area contributed by atoms with Crippen LogP contribution in [0.25, 0.3) is 21.9 Å². The largest absolute Gasteiger partial charge is 0.426 e. The van der Waals surface area contributed by atoms with Crippen molar-refractivity contribution < 1.29 is 32.0 Å². The number of benzene rings is 3. The van der Waals surface area contributed by atoms with Crippen LogP contribution in [0.1, 0.15) is 25.8 Å². The van der Waals surface area contributed by atoms with Crippen LogP contribution in [-0.4, -0.2) is 27.9 Å². The molecule has 4 aromatic rings. The van der Waals surface area contributed by atoms with E-state index in [1.807, 2.05) is 0 Å². The summed E-state index contributed by atoms with van der Waals surface area (Å²) < 4.78 is 61.6. The first-order valence-electron chi connectivity index (χ1n) is 11.2. The van der Waals surface area contributed by atoms with Crippen molar-refractivity contribution in [3.05, 3.63) is 94.7 Å². The van der Waals surface area contributed by atoms with Crippen LogP contribution in [0.4, 0.5) is 23.2 Å². The minimum atomic E-state index is -5.37. The van der Waals surface area contributed by atoms with E-state index in [1.54, 1.807) is 30.3 Å². The van der Waals surface area contributed by atoms with Gasteiger partial charge in [-0.25, -0.2) is 9.18 Å². The molecule has 0 saturated carbocycles. The van der Waals surface area contributed by atoms with Gasteiger partial charge in [0, 0.05) is 17.5 Å². The van der Waals surface area contributed by atoms with Gasteiger partial charge in [-0.2, -0.15) is 13.2 Å². The first-order valence-corrected chi connectivity index (χ1v) is 11.2. The number of nitrogens with one attached hydrogen (secondary N) is 1. The molecule has 1 atom stereocenters. The van der Waals surface area contributed by atoms with Crippen LogP contribution in [0.5, 0.6) is 0 Å². The molecule has 192 valence electrons. The first kappa shape index (κ1) is 26.0. The van der Waals surface area contributed by atoms with Crippen molar-refractivity contribution in [2.24, 2.45) is 0 Å². The lowest BCUT2D eigenvalue weighted by molar-refractivity contribution is -0.254. The number of hydrogen-bond donors (Lipinski definition) is 2. The van der Waals surface area contributed by atoms with Crippen molar-refractivity contribution in [1.29, 1.82) is 0 Å². The zero-order valence-corrected chi connectivity index (χ0v) is 19.8. The number of rotatable bonds is 6. The van der Waals surface area contributed by atoms with Gasteiger partial charge in [0.05, 0.1) is 11.6 Å². The van der Waals surface area contributed by atoms with Gasteiger partial charge in [-0.1, -0.05) is 55.4 Å². The lowest BCUT2D eigenvalue weighted by Gasteiger charge is -2.37. The third-order valence-electron chi connectivity index (χ3n) is 6.19. The molecule has 0 aliphatic rings. The van der Waals surface area contributed by atoms with E-state index in [-0.39, 0.29) is 22.0 Å². The van der Waals surface area contributed by atoms with Gasteiger partial charge in [0.15, 0.2) is 0 Å². The van der Waals surface area contributed by atoms with Gasteiger partial charge in [-0.05, 0) is 52.4 Å². The Bertz CT molecular complexity index is 1520. The van der Waals surface area contributed by atoms with Gasteiger partial charge < -0.3 is 14.9 Å². The maximum Gasteiger partial charge on any atom is 0.426 e. The molecule has 2 N–H and O–H groups in total. The smallest absolute Gasteiger partial charge is 0.373 e. The lowest BCUT2D eigenvalue weighted by atomic mass is 9.72. The van der Waals surface area contributed by atoms with E-state index in [0.717, 1.165) is 6.07 Å². The summed E-state index contributed by atoms with van der Waals surface area (Å²) in [4.78, 5) is 24.7. The van der Waals surface area contributed by atoms with Crippen molar-refractivity contribution >= 4 is 22.4 Å². The maximum atomic E-state index is 14.3. The van der Waals surface area contributed by atoms with Crippen LogP contribution >= 0.6 is 0 Å². The summed E-state index contributed by atoms with van der Waals surface area (Å²) >= 11 is 0. The molecular weight excluding hydrogens is 492 g/mol. The summed E-state index contributed by atoms with van der Waals surface area (Å²) in [7, 11) is 0. The summed E-state index contributed by atoms with van der Waals surface area (Å²) in [6.07, 6.45) is -5.30. The predicted octanol–water partition coefficient (Wildman–Crippen LogP) is 5.59. The fraction of sp³-hybridized carbons (Fsp3) is 0.222. The van der Waals surface area contributed by atoms with Gasteiger partial charge >= 0.3 is 11.8 Å². The van der Waals surface area contributed by atoms with Gasteiger partial charge in [-0.3, -0.25) is 4.79 Å². The monoisotopic (exact) mass is 514 g/mol. The molecule has 0 fully saturated rings. The summed E-state index contributed by atoms with van der Waals surface area (Å²) in [5.41, 5.74) is -4.90. The number of aliphatic hydroxyl groups is 1. The van der Waals surface area contributed by atoms with E-state index < -0.39 is 41.0 Å². The highest BCUT2D eigenvalue weighted by Crippen LogP contribution is 2.44. The van der Waals surface area contributed by atoms with Crippen molar-refractivity contribution in [3.63, 3.8) is 0 Å². The predicted molar refractivity (Wildman–Crippen MR) is 129 cm³/mol. The molecule has 0 radical (unpaired) electrons. The van der Waals surface area contributed by atoms with Crippen molar-refractivity contribution in [2.75, 3.05) is 5.32 Å². The highest BCUT2D eigenvalue weighted by atomic mass is 19.4. The van der Waals surface area contributed by atoms with Gasteiger partial charge in [0.25, 0.3) is 5.91 Å². The van der Waals surface area contributed by atoms with Crippen LogP contribution in [0.2, 0.25) is 0 Å². The Morgan fingerprint density at radius 1 is 1.03 bits per heavy atom. The maximum absolute atomic E-state index is 14.3. The molecule has 10 heteroatoms. The summed E-state index contributed by atoms with van der Waals surface area (Å²) in [6.45, 7) is 2.80. The Labute approximate surface area is 208 Å². The number of alkyl halides is 3. The third kappa shape index (κ3) is 5.10. The molecule has 3 aromatic carbocycles. The number of nitrogens with zero attached hydrogens (tertiary/aromatic N) is 1. The van der Waals surface area contributed by atoms with E-state index in [9.17, 15) is 32.3 Å². The zero-order chi connectivity index (χ0) is 27.0. The number of anilines is 1. The topological polar surface area (TPSA) is 92.4 Å². The van der Waals surface area contributed by atoms with E-state index in [0.29, 0.717) is 11.1 Å². The van der Waals surface area contributed by atoms with Crippen LogP contribution < -0.4 is 10.9 Å². The molecule has 0 saturated heterocycles. The average Bonchev–Trinajstić information content (AvgIpc) is 2.83. The molecule has 0 bridgehead atoms. The van der Waals surface area contributed by atoms with E-state index in [2.05, 4.69) is 15.0 Å². The molecule has 0 aliphatic carbocycles.